The van der Waals surface area contributed by atoms with Gasteiger partial charge in [-0.25, -0.2) is 0 Å². The van der Waals surface area contributed by atoms with Gasteiger partial charge in [0, 0.05) is 23.0 Å². The molecule has 0 aromatic heterocycles. The van der Waals surface area contributed by atoms with Crippen molar-refractivity contribution in [2.45, 2.75) is 19.8 Å². The molecule has 0 amide bonds. The van der Waals surface area contributed by atoms with Crippen LogP contribution in [0.4, 0.5) is 0 Å². The van der Waals surface area contributed by atoms with Crippen LogP contribution in [0.15, 0.2) is 24.8 Å². The van der Waals surface area contributed by atoms with Crippen molar-refractivity contribution >= 4 is 5.78 Å². The molecule has 2 aliphatic carbocycles. The van der Waals surface area contributed by atoms with Crippen LogP contribution in [0.5, 0.6) is 0 Å². The van der Waals surface area contributed by atoms with Crippen LogP contribution in [0.25, 0.3) is 0 Å². The van der Waals surface area contributed by atoms with Crippen LogP contribution in [0, 0.1) is 50.8 Å². The number of ketones is 1. The van der Waals surface area contributed by atoms with E-state index in [-0.39, 0.29) is 28.8 Å². The van der Waals surface area contributed by atoms with Gasteiger partial charge in [0.05, 0.1) is 0 Å². The largest absolute Gasteiger partial charge is 0 e. The van der Waals surface area contributed by atoms with Crippen LogP contribution in [0.3, 0.4) is 0 Å². The Morgan fingerprint density at radius 1 is 1.30 bits per heavy atom. The van der Waals surface area contributed by atoms with Gasteiger partial charge in [0.15, 0.2) is 5.78 Å². The van der Waals surface area contributed by atoms with Gasteiger partial charge in [-0.1, -0.05) is 19.1 Å². The topological polar surface area (TPSA) is 56.9 Å². The Labute approximate surface area is 132 Å². The van der Waals surface area contributed by atoms with E-state index in [2.05, 4.69) is 39.6 Å². The van der Waals surface area contributed by atoms with Gasteiger partial charge in [0.2, 0.25) is 0 Å². The quantitative estimate of drug-likeness (QED) is 0.335. The predicted octanol–water partition coefficient (Wildman–Crippen LogP) is 3.04. The monoisotopic (exact) mass is 312 g/mol. The smallest absolute Gasteiger partial charge is 0 e. The normalized spacial score (nSPS) is 19.1. The van der Waals surface area contributed by atoms with Crippen molar-refractivity contribution in [3.63, 3.8) is 0 Å². The first-order valence-corrected chi connectivity index (χ1v) is 5.64. The van der Waals surface area contributed by atoms with Crippen LogP contribution in [0.2, 0.25) is 0 Å². The Hall–Kier alpha value is -0.851. The van der Waals surface area contributed by atoms with E-state index in [4.69, 9.17) is 9.30 Å². The number of carbonyl (C=O) groups excluding carboxylic acids is 1. The molecule has 0 saturated heterocycles. The molecule has 0 bridgehead atoms. The molecule has 3 nitrogen and oxygen atoms in total. The van der Waals surface area contributed by atoms with Crippen LogP contribution in [-0.2, 0) is 31.2 Å². The molecule has 0 unspecified atom stereocenters. The summed E-state index contributed by atoms with van der Waals surface area (Å²) >= 11 is 0. The second kappa shape index (κ2) is 18.1. The van der Waals surface area contributed by atoms with E-state index in [0.29, 0.717) is 0 Å². The molecule has 0 aliphatic heterocycles. The summed E-state index contributed by atoms with van der Waals surface area (Å²) < 4.78 is 15.0. The molecule has 0 spiro atoms. The molecule has 1 saturated carbocycles. The Morgan fingerprint density at radius 3 is 2.05 bits per heavy atom. The number of rotatable bonds is 2. The molecule has 2 rings (SSSR count). The van der Waals surface area contributed by atoms with E-state index in [1.54, 1.807) is 12.2 Å². The maximum Gasteiger partial charge on any atom is 0 e. The minimum atomic E-state index is 0. The molecular weight excluding hydrogens is 295 g/mol. The minimum Gasteiger partial charge on any atom is 0 e. The average Bonchev–Trinajstić information content (AvgIpc) is 3.08. The van der Waals surface area contributed by atoms with Crippen molar-refractivity contribution in [1.29, 1.82) is 0 Å². The summed E-state index contributed by atoms with van der Waals surface area (Å²) in [4.78, 5) is 10.8. The third-order valence-electron chi connectivity index (χ3n) is 2.39. The zero-order chi connectivity index (χ0) is 15.1. The van der Waals surface area contributed by atoms with Gasteiger partial charge in [-0.2, -0.15) is 0 Å². The van der Waals surface area contributed by atoms with Crippen LogP contribution in [0.1, 0.15) is 19.8 Å². The molecule has 0 N–H and O–H groups in total. The van der Waals surface area contributed by atoms with Gasteiger partial charge in [0.1, 0.15) is 0 Å². The molecule has 4 heteroatoms. The molecule has 0 aromatic rings. The van der Waals surface area contributed by atoms with Crippen molar-refractivity contribution in [3.8, 4) is 0 Å². The van der Waals surface area contributed by atoms with Gasteiger partial charge in [-0.15, -0.1) is 6.58 Å². The van der Waals surface area contributed by atoms with Gasteiger partial charge >= 0.3 is 22.6 Å². The molecule has 6 radical (unpaired) electrons. The number of allylic oxidation sites excluding steroid dienone is 3. The Kier molecular flexibility index (Phi) is 21.9. The SMILES string of the molecule is C=CC[C@@H]1CC=CC1=O.C[C]1[CH][CH][CH][CH]1.[C-]#[O+].[C-]#[O+].[Mn]. The molecule has 1 atom stereocenters. The summed E-state index contributed by atoms with van der Waals surface area (Å²) in [6, 6.07) is 0. The third kappa shape index (κ3) is 12.2. The van der Waals surface area contributed by atoms with Crippen LogP contribution in [-0.4, -0.2) is 5.78 Å². The summed E-state index contributed by atoms with van der Waals surface area (Å²) in [5, 5.41) is 0. The van der Waals surface area contributed by atoms with E-state index in [1.807, 2.05) is 18.9 Å². The molecule has 2 aliphatic rings. The molecule has 0 aromatic carbocycles. The maximum absolute atomic E-state index is 10.8. The second-order valence-electron chi connectivity index (χ2n) is 3.72. The molecular formula is C16H17MnO3. The van der Waals surface area contributed by atoms with Crippen molar-refractivity contribution in [2.75, 3.05) is 0 Å². The van der Waals surface area contributed by atoms with Crippen molar-refractivity contribution in [2.24, 2.45) is 5.92 Å². The summed E-state index contributed by atoms with van der Waals surface area (Å²) in [7, 11) is 0. The standard InChI is InChI=1S/C8H10O.C6H7.2CO.Mn/c1-2-4-7-5-3-6-8(7)9;1-6-4-2-3-5-6;2*1-2;/h2-3,6-7H,1,4-5H2;2-5H,1H3;;;/t7-;;;;/m1..../s1. The second-order valence-corrected chi connectivity index (χ2v) is 3.72. The van der Waals surface area contributed by atoms with E-state index >= 15 is 0 Å². The fourth-order valence-corrected chi connectivity index (χ4v) is 1.48. The Bertz CT molecular complexity index is 306. The molecule has 1 fully saturated rings. The summed E-state index contributed by atoms with van der Waals surface area (Å²) in [6.45, 7) is 14.7. The van der Waals surface area contributed by atoms with E-state index in [9.17, 15) is 4.79 Å². The molecule has 20 heavy (non-hydrogen) atoms. The first kappa shape index (κ1) is 24.2. The number of hydrogen-bond acceptors (Lipinski definition) is 1. The maximum atomic E-state index is 10.8. The summed E-state index contributed by atoms with van der Waals surface area (Å²) in [6.07, 6.45) is 15.4. The van der Waals surface area contributed by atoms with Gasteiger partial charge in [0.25, 0.3) is 0 Å². The fourth-order valence-electron chi connectivity index (χ4n) is 1.48. The summed E-state index contributed by atoms with van der Waals surface area (Å²) in [5.41, 5.74) is 0. The Balaban J connectivity index is -0.000000231. The van der Waals surface area contributed by atoms with Crippen molar-refractivity contribution in [3.05, 3.63) is 69.7 Å². The van der Waals surface area contributed by atoms with Crippen molar-refractivity contribution in [1.82, 2.24) is 0 Å². The predicted molar refractivity (Wildman–Crippen MR) is 71.0 cm³/mol. The van der Waals surface area contributed by atoms with E-state index in [1.165, 1.54) is 5.92 Å². The van der Waals surface area contributed by atoms with Crippen LogP contribution < -0.4 is 0 Å². The first-order valence-electron chi connectivity index (χ1n) is 5.64. The summed E-state index contributed by atoms with van der Waals surface area (Å²) in [5.74, 6) is 1.81. The van der Waals surface area contributed by atoms with Gasteiger partial charge in [-0.3, -0.25) is 4.79 Å². The van der Waals surface area contributed by atoms with Gasteiger partial charge in [-0.05, 0) is 50.5 Å². The fraction of sp³-hybridized carbons (Fsp3) is 0.250. The Morgan fingerprint density at radius 2 is 1.80 bits per heavy atom. The zero-order valence-corrected chi connectivity index (χ0v) is 12.5. The number of carbonyl (C=O) groups is 1. The first-order chi connectivity index (χ1) is 9.24. The zero-order valence-electron chi connectivity index (χ0n) is 11.3. The third-order valence-corrected chi connectivity index (χ3v) is 2.39. The van der Waals surface area contributed by atoms with E-state index < -0.39 is 0 Å². The molecule has 0 heterocycles. The van der Waals surface area contributed by atoms with Crippen LogP contribution >= 0.6 is 0 Å². The number of hydrogen-bond donors (Lipinski definition) is 0. The average molecular weight is 312 g/mol. The minimum absolute atomic E-state index is 0. The van der Waals surface area contributed by atoms with E-state index in [0.717, 1.165) is 12.8 Å². The van der Waals surface area contributed by atoms with Crippen molar-refractivity contribution < 1.29 is 31.2 Å². The molecule has 106 valence electrons. The van der Waals surface area contributed by atoms with Gasteiger partial charge < -0.3 is 0 Å².